The van der Waals surface area contributed by atoms with Crippen LogP contribution < -0.4 is 14.8 Å². The number of benzene rings is 3. The Morgan fingerprint density at radius 3 is 2.39 bits per heavy atom. The Hall–Kier alpha value is -2.84. The van der Waals surface area contributed by atoms with Crippen molar-refractivity contribution in [3.05, 3.63) is 87.4 Å². The van der Waals surface area contributed by atoms with E-state index in [2.05, 4.69) is 26.0 Å². The average Bonchev–Trinajstić information content (AvgIpc) is 2.75. The molecule has 0 heterocycles. The van der Waals surface area contributed by atoms with Gasteiger partial charge in [-0.25, -0.2) is 8.42 Å². The van der Waals surface area contributed by atoms with Gasteiger partial charge in [0.15, 0.2) is 6.61 Å². The number of sulfonamides is 1. The summed E-state index contributed by atoms with van der Waals surface area (Å²) in [5.74, 6) is 0.181. The molecule has 3 aromatic carbocycles. The molecule has 1 amide bonds. The minimum atomic E-state index is -3.75. The maximum atomic E-state index is 12.8. The molecule has 174 valence electrons. The third kappa shape index (κ3) is 6.58. The van der Waals surface area contributed by atoms with Crippen molar-refractivity contribution in [2.75, 3.05) is 11.3 Å². The van der Waals surface area contributed by atoms with Gasteiger partial charge in [0, 0.05) is 10.2 Å². The highest BCUT2D eigenvalue weighted by molar-refractivity contribution is 9.10. The van der Waals surface area contributed by atoms with E-state index in [0.29, 0.717) is 17.0 Å². The van der Waals surface area contributed by atoms with Gasteiger partial charge in [-0.2, -0.15) is 0 Å². The molecule has 0 bridgehead atoms. The molecule has 0 saturated heterocycles. The summed E-state index contributed by atoms with van der Waals surface area (Å²) < 4.78 is 34.8. The van der Waals surface area contributed by atoms with Crippen molar-refractivity contribution < 1.29 is 17.9 Å². The van der Waals surface area contributed by atoms with Crippen LogP contribution >= 0.6 is 15.9 Å². The number of carbonyl (C=O) groups excluding carboxylic acids is 1. The van der Waals surface area contributed by atoms with Gasteiger partial charge in [0.2, 0.25) is 0 Å². The fraction of sp³-hybridized carbons (Fsp3) is 0.240. The SMILES string of the molecule is Cc1ccc(NS(=O)(=O)c2ccc(OCC(=O)N[C@@H](C)c3cccc(Br)c3)c(C)c2)cc1C. The molecule has 1 atom stereocenters. The zero-order valence-corrected chi connectivity index (χ0v) is 21.4. The molecule has 8 heteroatoms. The molecule has 3 rings (SSSR count). The van der Waals surface area contributed by atoms with Crippen molar-refractivity contribution in [1.82, 2.24) is 5.32 Å². The Morgan fingerprint density at radius 1 is 0.970 bits per heavy atom. The molecule has 3 aromatic rings. The van der Waals surface area contributed by atoms with Gasteiger partial charge in [-0.1, -0.05) is 34.1 Å². The van der Waals surface area contributed by atoms with Crippen molar-refractivity contribution >= 4 is 37.5 Å². The van der Waals surface area contributed by atoms with E-state index in [0.717, 1.165) is 21.2 Å². The standard InChI is InChI=1S/C25H27BrN2O4S/c1-16-8-9-22(12-17(16)2)28-33(30,31)23-10-11-24(18(3)13-23)32-15-25(29)27-19(4)20-6-5-7-21(26)14-20/h5-14,19,28H,15H2,1-4H3,(H,27,29)/t19-/m0/s1. The van der Waals surface area contributed by atoms with Crippen molar-refractivity contribution in [2.45, 2.75) is 38.6 Å². The largest absolute Gasteiger partial charge is 0.484 e. The molecule has 0 spiro atoms. The number of aryl methyl sites for hydroxylation is 3. The van der Waals surface area contributed by atoms with Crippen LogP contribution in [-0.4, -0.2) is 20.9 Å². The van der Waals surface area contributed by atoms with Crippen molar-refractivity contribution in [2.24, 2.45) is 0 Å². The van der Waals surface area contributed by atoms with Crippen LogP contribution in [0.5, 0.6) is 5.75 Å². The van der Waals surface area contributed by atoms with Gasteiger partial charge >= 0.3 is 0 Å². The summed E-state index contributed by atoms with van der Waals surface area (Å²) in [5.41, 5.74) is 4.19. The Morgan fingerprint density at radius 2 is 1.73 bits per heavy atom. The van der Waals surface area contributed by atoms with E-state index in [1.165, 1.54) is 12.1 Å². The van der Waals surface area contributed by atoms with Gasteiger partial charge in [0.05, 0.1) is 10.9 Å². The molecule has 0 fully saturated rings. The first-order valence-electron chi connectivity index (χ1n) is 10.4. The lowest BCUT2D eigenvalue weighted by molar-refractivity contribution is -0.123. The second-order valence-corrected chi connectivity index (χ2v) is 10.6. The fourth-order valence-corrected chi connectivity index (χ4v) is 4.81. The summed E-state index contributed by atoms with van der Waals surface area (Å²) in [7, 11) is -3.75. The van der Waals surface area contributed by atoms with Crippen molar-refractivity contribution in [3.63, 3.8) is 0 Å². The zero-order valence-electron chi connectivity index (χ0n) is 19.0. The third-order valence-electron chi connectivity index (χ3n) is 5.30. The number of nitrogens with one attached hydrogen (secondary N) is 2. The number of rotatable bonds is 8. The summed E-state index contributed by atoms with van der Waals surface area (Å²) in [5, 5.41) is 2.89. The molecule has 0 aliphatic carbocycles. The monoisotopic (exact) mass is 530 g/mol. The van der Waals surface area contributed by atoms with E-state index in [-0.39, 0.29) is 23.5 Å². The second-order valence-electron chi connectivity index (χ2n) is 7.96. The highest BCUT2D eigenvalue weighted by Crippen LogP contribution is 2.24. The quantitative estimate of drug-likeness (QED) is 0.406. The average molecular weight is 531 g/mol. The smallest absolute Gasteiger partial charge is 0.261 e. The molecular weight excluding hydrogens is 504 g/mol. The van der Waals surface area contributed by atoms with Crippen LogP contribution in [0.1, 0.15) is 35.2 Å². The highest BCUT2D eigenvalue weighted by atomic mass is 79.9. The molecule has 0 aromatic heterocycles. The van der Waals surface area contributed by atoms with Crippen LogP contribution in [0.4, 0.5) is 5.69 Å². The number of hydrogen-bond acceptors (Lipinski definition) is 4. The molecule has 0 aliphatic heterocycles. The second kappa shape index (κ2) is 10.4. The lowest BCUT2D eigenvalue weighted by Gasteiger charge is -2.16. The Bertz CT molecular complexity index is 1280. The minimum Gasteiger partial charge on any atom is -0.484 e. The summed E-state index contributed by atoms with van der Waals surface area (Å²) in [6, 6.07) is 17.5. The Kier molecular flexibility index (Phi) is 7.81. The maximum absolute atomic E-state index is 12.8. The fourth-order valence-electron chi connectivity index (χ4n) is 3.26. The zero-order chi connectivity index (χ0) is 24.2. The lowest BCUT2D eigenvalue weighted by atomic mass is 10.1. The van der Waals surface area contributed by atoms with E-state index in [4.69, 9.17) is 4.74 Å². The Labute approximate surface area is 203 Å². The predicted octanol–water partition coefficient (Wildman–Crippen LogP) is 5.43. The maximum Gasteiger partial charge on any atom is 0.261 e. The molecule has 0 aliphatic rings. The number of anilines is 1. The summed E-state index contributed by atoms with van der Waals surface area (Å²) in [6.07, 6.45) is 0. The van der Waals surface area contributed by atoms with Crippen LogP contribution in [0.15, 0.2) is 70.0 Å². The molecule has 0 radical (unpaired) electrons. The lowest BCUT2D eigenvalue weighted by Crippen LogP contribution is -2.31. The first-order chi connectivity index (χ1) is 15.5. The van der Waals surface area contributed by atoms with E-state index in [1.54, 1.807) is 25.1 Å². The summed E-state index contributed by atoms with van der Waals surface area (Å²) >= 11 is 3.43. The molecular formula is C25H27BrN2O4S. The first kappa shape index (κ1) is 24.8. The molecule has 6 nitrogen and oxygen atoms in total. The molecule has 2 N–H and O–H groups in total. The molecule has 33 heavy (non-hydrogen) atoms. The normalized spacial score (nSPS) is 12.2. The van der Waals surface area contributed by atoms with Gasteiger partial charge < -0.3 is 10.1 Å². The predicted molar refractivity (Wildman–Crippen MR) is 134 cm³/mol. The van der Waals surface area contributed by atoms with E-state index < -0.39 is 10.0 Å². The number of hydrogen-bond donors (Lipinski definition) is 2. The molecule has 0 unspecified atom stereocenters. The van der Waals surface area contributed by atoms with Crippen LogP contribution in [0.2, 0.25) is 0 Å². The number of carbonyl (C=O) groups is 1. The molecule has 0 saturated carbocycles. The van der Waals surface area contributed by atoms with Gasteiger partial charge in [-0.3, -0.25) is 9.52 Å². The highest BCUT2D eigenvalue weighted by Gasteiger charge is 2.17. The summed E-state index contributed by atoms with van der Waals surface area (Å²) in [6.45, 7) is 7.36. The van der Waals surface area contributed by atoms with Crippen molar-refractivity contribution in [3.8, 4) is 5.75 Å². The minimum absolute atomic E-state index is 0.123. The van der Waals surface area contributed by atoms with Gasteiger partial charge in [0.1, 0.15) is 5.75 Å². The van der Waals surface area contributed by atoms with Gasteiger partial charge in [0.25, 0.3) is 15.9 Å². The topological polar surface area (TPSA) is 84.5 Å². The summed E-state index contributed by atoms with van der Waals surface area (Å²) in [4.78, 5) is 12.4. The first-order valence-corrected chi connectivity index (χ1v) is 12.7. The van der Waals surface area contributed by atoms with Crippen LogP contribution in [-0.2, 0) is 14.8 Å². The number of halogens is 1. The van der Waals surface area contributed by atoms with Gasteiger partial charge in [-0.05, 0) is 92.4 Å². The van der Waals surface area contributed by atoms with E-state index in [9.17, 15) is 13.2 Å². The van der Waals surface area contributed by atoms with Crippen LogP contribution in [0, 0.1) is 20.8 Å². The van der Waals surface area contributed by atoms with Gasteiger partial charge in [-0.15, -0.1) is 0 Å². The van der Waals surface area contributed by atoms with E-state index in [1.807, 2.05) is 51.1 Å². The van der Waals surface area contributed by atoms with E-state index >= 15 is 0 Å². The van der Waals surface area contributed by atoms with Crippen LogP contribution in [0.25, 0.3) is 0 Å². The number of amides is 1. The van der Waals surface area contributed by atoms with Crippen LogP contribution in [0.3, 0.4) is 0 Å². The van der Waals surface area contributed by atoms with Crippen molar-refractivity contribution in [1.29, 1.82) is 0 Å². The number of ether oxygens (including phenoxy) is 1. The third-order valence-corrected chi connectivity index (χ3v) is 7.17. The Balaban J connectivity index is 1.62.